The summed E-state index contributed by atoms with van der Waals surface area (Å²) in [5, 5.41) is 0.606. The third kappa shape index (κ3) is 1.11. The Hall–Kier alpha value is -0.280. The summed E-state index contributed by atoms with van der Waals surface area (Å²) in [6.07, 6.45) is 1.56. The zero-order valence-corrected chi connectivity index (χ0v) is 5.79. The van der Waals surface area contributed by atoms with Gasteiger partial charge in [-0.25, -0.2) is 4.98 Å². The first kappa shape index (κ1) is 5.85. The molecule has 1 rings (SSSR count). The summed E-state index contributed by atoms with van der Waals surface area (Å²) in [6, 6.07) is 0. The minimum absolute atomic E-state index is 0.606. The Kier molecular flexibility index (Phi) is 1.70. The topological polar surface area (TPSA) is 22.1 Å². The van der Waals surface area contributed by atoms with Gasteiger partial charge in [-0.2, -0.15) is 0 Å². The van der Waals surface area contributed by atoms with Crippen LogP contribution in [-0.2, 0) is 0 Å². The molecule has 0 saturated heterocycles. The number of aromatic nitrogens is 1. The average Bonchev–Trinajstić information content (AvgIpc) is 2.14. The molecule has 0 aliphatic carbocycles. The summed E-state index contributed by atoms with van der Waals surface area (Å²) in [5.41, 5.74) is 0. The smallest absolute Gasteiger partial charge is 0.274 e. The lowest BCUT2D eigenvalue weighted by atomic mass is 11.0. The highest BCUT2D eigenvalue weighted by Crippen LogP contribution is 2.23. The maximum atomic E-state index is 5.52. The summed E-state index contributed by atoms with van der Waals surface area (Å²) in [7, 11) is 1.56. The Balaban J connectivity index is 2.84. The normalized spacial score (nSPS) is 9.25. The molecule has 1 aromatic rings. The molecule has 4 heteroatoms. The molecule has 0 atom stereocenters. The molecule has 0 N–H and O–H groups in total. The van der Waals surface area contributed by atoms with E-state index in [4.69, 9.17) is 16.3 Å². The van der Waals surface area contributed by atoms with Crippen molar-refractivity contribution in [3.05, 3.63) is 10.5 Å². The number of hydrogen-bond acceptors (Lipinski definition) is 3. The SMILES string of the molecule is COc1ncc(Cl)s1. The molecule has 0 saturated carbocycles. The molecule has 44 valence electrons. The lowest BCUT2D eigenvalue weighted by molar-refractivity contribution is 0.412. The zero-order chi connectivity index (χ0) is 5.98. The number of nitrogens with zero attached hydrogens (tertiary/aromatic N) is 1. The van der Waals surface area contributed by atoms with Gasteiger partial charge in [0, 0.05) is 0 Å². The standard InChI is InChI=1S/C4H4ClNOS/c1-7-4-6-2-3(5)8-4/h2H,1H3. The van der Waals surface area contributed by atoms with Crippen LogP contribution in [0.25, 0.3) is 0 Å². The number of rotatable bonds is 1. The molecular weight excluding hydrogens is 146 g/mol. The number of hydrogen-bond donors (Lipinski definition) is 0. The van der Waals surface area contributed by atoms with Crippen molar-refractivity contribution in [2.24, 2.45) is 0 Å². The Labute approximate surface area is 56.1 Å². The Bertz CT molecular complexity index is 176. The fourth-order valence-electron chi connectivity index (χ4n) is 0.334. The summed E-state index contributed by atoms with van der Waals surface area (Å²) < 4.78 is 5.41. The minimum atomic E-state index is 0.606. The fraction of sp³-hybridized carbons (Fsp3) is 0.250. The molecule has 8 heavy (non-hydrogen) atoms. The van der Waals surface area contributed by atoms with Crippen molar-refractivity contribution in [2.75, 3.05) is 7.11 Å². The third-order valence-electron chi connectivity index (χ3n) is 0.631. The Morgan fingerprint density at radius 3 is 2.88 bits per heavy atom. The van der Waals surface area contributed by atoms with E-state index in [-0.39, 0.29) is 0 Å². The van der Waals surface area contributed by atoms with E-state index in [0.717, 1.165) is 0 Å². The van der Waals surface area contributed by atoms with Crippen LogP contribution in [0.15, 0.2) is 6.20 Å². The third-order valence-corrected chi connectivity index (χ3v) is 1.71. The molecule has 1 aromatic heterocycles. The van der Waals surface area contributed by atoms with Gasteiger partial charge in [-0.15, -0.1) is 0 Å². The van der Waals surface area contributed by atoms with Gasteiger partial charge in [-0.3, -0.25) is 0 Å². The van der Waals surface area contributed by atoms with Crippen LogP contribution in [0.5, 0.6) is 5.19 Å². The van der Waals surface area contributed by atoms with Crippen LogP contribution < -0.4 is 4.74 Å². The van der Waals surface area contributed by atoms with Gasteiger partial charge in [0.15, 0.2) is 0 Å². The maximum Gasteiger partial charge on any atom is 0.274 e. The molecular formula is C4H4ClNOS. The van der Waals surface area contributed by atoms with Gasteiger partial charge in [0.05, 0.1) is 13.3 Å². The van der Waals surface area contributed by atoms with Crippen molar-refractivity contribution >= 4 is 22.9 Å². The van der Waals surface area contributed by atoms with Crippen LogP contribution in [0.3, 0.4) is 0 Å². The average molecular weight is 150 g/mol. The van der Waals surface area contributed by atoms with Gasteiger partial charge < -0.3 is 4.74 Å². The summed E-state index contributed by atoms with van der Waals surface area (Å²) in [4.78, 5) is 3.80. The number of ether oxygens (including phenoxy) is 1. The number of thiazole rings is 1. The van der Waals surface area contributed by atoms with E-state index in [1.54, 1.807) is 13.3 Å². The lowest BCUT2D eigenvalue weighted by Crippen LogP contribution is -1.76. The van der Waals surface area contributed by atoms with Crippen molar-refractivity contribution in [3.8, 4) is 5.19 Å². The predicted molar refractivity (Wildman–Crippen MR) is 33.7 cm³/mol. The van der Waals surface area contributed by atoms with Gasteiger partial charge in [-0.1, -0.05) is 22.9 Å². The lowest BCUT2D eigenvalue weighted by Gasteiger charge is -1.84. The summed E-state index contributed by atoms with van der Waals surface area (Å²) in [5.74, 6) is 0. The second-order valence-electron chi connectivity index (χ2n) is 1.13. The van der Waals surface area contributed by atoms with Crippen molar-refractivity contribution < 1.29 is 4.74 Å². The van der Waals surface area contributed by atoms with E-state index in [1.807, 2.05) is 0 Å². The van der Waals surface area contributed by atoms with Crippen LogP contribution >= 0.6 is 22.9 Å². The first-order valence-electron chi connectivity index (χ1n) is 1.98. The number of halogens is 1. The monoisotopic (exact) mass is 149 g/mol. The fourth-order valence-corrected chi connectivity index (χ4v) is 1.04. The maximum absolute atomic E-state index is 5.52. The van der Waals surface area contributed by atoms with Crippen molar-refractivity contribution in [3.63, 3.8) is 0 Å². The molecule has 0 fully saturated rings. The molecule has 0 spiro atoms. The van der Waals surface area contributed by atoms with E-state index in [1.165, 1.54) is 11.3 Å². The first-order valence-corrected chi connectivity index (χ1v) is 3.17. The predicted octanol–water partition coefficient (Wildman–Crippen LogP) is 1.81. The van der Waals surface area contributed by atoms with Crippen LogP contribution in [-0.4, -0.2) is 12.1 Å². The van der Waals surface area contributed by atoms with Gasteiger partial charge >= 0.3 is 0 Å². The van der Waals surface area contributed by atoms with Crippen LogP contribution in [0.4, 0.5) is 0 Å². The number of methoxy groups -OCH3 is 1. The second kappa shape index (κ2) is 2.33. The van der Waals surface area contributed by atoms with E-state index in [0.29, 0.717) is 9.53 Å². The largest absolute Gasteiger partial charge is 0.473 e. The van der Waals surface area contributed by atoms with E-state index >= 15 is 0 Å². The molecule has 0 aromatic carbocycles. The molecule has 0 radical (unpaired) electrons. The molecule has 0 bridgehead atoms. The first-order chi connectivity index (χ1) is 3.83. The van der Waals surface area contributed by atoms with Crippen molar-refractivity contribution in [1.29, 1.82) is 0 Å². The van der Waals surface area contributed by atoms with Crippen molar-refractivity contribution in [2.45, 2.75) is 0 Å². The van der Waals surface area contributed by atoms with Gasteiger partial charge in [-0.05, 0) is 0 Å². The van der Waals surface area contributed by atoms with Crippen LogP contribution in [0, 0.1) is 0 Å². The molecule has 0 unspecified atom stereocenters. The molecule has 0 amide bonds. The highest BCUT2D eigenvalue weighted by Gasteiger charge is 1.94. The molecule has 1 heterocycles. The highest BCUT2D eigenvalue weighted by molar-refractivity contribution is 7.17. The van der Waals surface area contributed by atoms with Crippen LogP contribution in [0.2, 0.25) is 4.34 Å². The molecule has 2 nitrogen and oxygen atoms in total. The Morgan fingerprint density at radius 1 is 1.88 bits per heavy atom. The Morgan fingerprint density at radius 2 is 2.62 bits per heavy atom. The van der Waals surface area contributed by atoms with Crippen LogP contribution in [0.1, 0.15) is 0 Å². The minimum Gasteiger partial charge on any atom is -0.473 e. The van der Waals surface area contributed by atoms with E-state index in [9.17, 15) is 0 Å². The van der Waals surface area contributed by atoms with Crippen molar-refractivity contribution in [1.82, 2.24) is 4.98 Å². The van der Waals surface area contributed by atoms with Gasteiger partial charge in [0.1, 0.15) is 4.34 Å². The van der Waals surface area contributed by atoms with E-state index in [2.05, 4.69) is 4.98 Å². The summed E-state index contributed by atoms with van der Waals surface area (Å²) in [6.45, 7) is 0. The highest BCUT2D eigenvalue weighted by atomic mass is 35.5. The second-order valence-corrected chi connectivity index (χ2v) is 2.76. The molecule has 0 aliphatic heterocycles. The zero-order valence-electron chi connectivity index (χ0n) is 4.22. The van der Waals surface area contributed by atoms with Gasteiger partial charge in [0.25, 0.3) is 5.19 Å². The van der Waals surface area contributed by atoms with Gasteiger partial charge in [0.2, 0.25) is 0 Å². The van der Waals surface area contributed by atoms with E-state index < -0.39 is 0 Å². The summed E-state index contributed by atoms with van der Waals surface area (Å²) >= 11 is 6.84. The quantitative estimate of drug-likeness (QED) is 0.608. The molecule has 0 aliphatic rings.